The number of aromatic nitrogens is 3. The molecule has 4 aliphatic rings. The molecule has 1 amide bonds. The number of hydrogen-bond acceptors (Lipinski definition) is 7. The Morgan fingerprint density at radius 3 is 3.03 bits per heavy atom. The van der Waals surface area contributed by atoms with E-state index in [2.05, 4.69) is 31.8 Å². The Hall–Kier alpha value is -3.80. The maximum atomic E-state index is 12.1. The first-order valence-corrected chi connectivity index (χ1v) is 9.96. The van der Waals surface area contributed by atoms with Crippen LogP contribution in [-0.2, 0) is 11.3 Å². The van der Waals surface area contributed by atoms with Gasteiger partial charge in [-0.1, -0.05) is 6.07 Å². The summed E-state index contributed by atoms with van der Waals surface area (Å²) in [6, 6.07) is 5.61. The summed E-state index contributed by atoms with van der Waals surface area (Å²) in [6.07, 6.45) is 11.4. The number of amides is 1. The van der Waals surface area contributed by atoms with Crippen molar-refractivity contribution in [1.29, 1.82) is 5.26 Å². The van der Waals surface area contributed by atoms with Crippen LogP contribution in [0.4, 0.5) is 0 Å². The van der Waals surface area contributed by atoms with Gasteiger partial charge < -0.3 is 5.32 Å². The fraction of sp³-hybridized carbons (Fsp3) is 0.333. The van der Waals surface area contributed by atoms with Crippen molar-refractivity contribution in [2.45, 2.75) is 31.3 Å². The number of nitrogens with zero attached hydrogens (tertiary/aromatic N) is 6. The van der Waals surface area contributed by atoms with Crippen LogP contribution < -0.4 is 10.6 Å². The van der Waals surface area contributed by atoms with Gasteiger partial charge in [0.15, 0.2) is 0 Å². The molecular formula is C21H18N8O. The quantitative estimate of drug-likeness (QED) is 0.798. The molecule has 3 atom stereocenters. The van der Waals surface area contributed by atoms with Crippen molar-refractivity contribution in [3.8, 4) is 6.07 Å². The Labute approximate surface area is 172 Å². The number of pyridine rings is 1. The minimum absolute atomic E-state index is 0.0000169. The number of carbonyl (C=O) groups is 1. The summed E-state index contributed by atoms with van der Waals surface area (Å²) in [4.78, 5) is 25.5. The minimum atomic E-state index is -0.266. The van der Waals surface area contributed by atoms with E-state index in [9.17, 15) is 4.79 Å². The Kier molecular flexibility index (Phi) is 3.47. The first-order chi connectivity index (χ1) is 14.7. The van der Waals surface area contributed by atoms with Crippen molar-refractivity contribution in [3.05, 3.63) is 59.8 Å². The molecule has 3 unspecified atom stereocenters. The zero-order valence-corrected chi connectivity index (χ0v) is 16.0. The van der Waals surface area contributed by atoms with Crippen LogP contribution in [0.25, 0.3) is 0 Å². The molecule has 2 fully saturated rings. The zero-order valence-electron chi connectivity index (χ0n) is 16.0. The third-order valence-corrected chi connectivity index (χ3v) is 6.17. The lowest BCUT2D eigenvalue weighted by atomic mass is 10.00. The van der Waals surface area contributed by atoms with Gasteiger partial charge in [-0.15, -0.1) is 0 Å². The smallest absolute Gasteiger partial charge is 0.229 e. The number of guanidine groups is 1. The highest BCUT2D eigenvalue weighted by molar-refractivity contribution is 6.14. The second-order valence-corrected chi connectivity index (χ2v) is 8.15. The first-order valence-electron chi connectivity index (χ1n) is 9.96. The Bertz CT molecular complexity index is 1180. The number of nitrogens with one attached hydrogen (secondary N) is 2. The summed E-state index contributed by atoms with van der Waals surface area (Å²) in [5.74, 6) is 1.61. The number of amidine groups is 1. The molecule has 30 heavy (non-hydrogen) atoms. The van der Waals surface area contributed by atoms with Gasteiger partial charge in [0.05, 0.1) is 24.2 Å². The third-order valence-electron chi connectivity index (χ3n) is 6.17. The Morgan fingerprint density at radius 1 is 1.37 bits per heavy atom. The molecule has 9 heteroatoms. The molecule has 2 aliphatic carbocycles. The average molecular weight is 398 g/mol. The van der Waals surface area contributed by atoms with E-state index in [1.807, 2.05) is 35.4 Å². The molecule has 2 aliphatic heterocycles. The average Bonchev–Trinajstić information content (AvgIpc) is 3.61. The SMILES string of the molecule is N#Cc1ccc(Cn2cc(C3C4N=C(NC(=O)C5CC5)NC5=NC=CC543)cn2)cn1. The summed E-state index contributed by atoms with van der Waals surface area (Å²) < 4.78 is 1.86. The zero-order chi connectivity index (χ0) is 20.3. The van der Waals surface area contributed by atoms with Crippen LogP contribution in [0.2, 0.25) is 0 Å². The van der Waals surface area contributed by atoms with E-state index in [1.165, 1.54) is 0 Å². The summed E-state index contributed by atoms with van der Waals surface area (Å²) in [6.45, 7) is 0.574. The van der Waals surface area contributed by atoms with E-state index in [1.54, 1.807) is 12.3 Å². The van der Waals surface area contributed by atoms with Gasteiger partial charge in [-0.05, 0) is 36.1 Å². The summed E-state index contributed by atoms with van der Waals surface area (Å²) in [5, 5.41) is 19.5. The molecule has 2 aromatic heterocycles. The van der Waals surface area contributed by atoms with Crippen LogP contribution >= 0.6 is 0 Å². The van der Waals surface area contributed by atoms with Gasteiger partial charge >= 0.3 is 0 Å². The van der Waals surface area contributed by atoms with Crippen LogP contribution in [0.1, 0.15) is 35.6 Å². The molecule has 6 rings (SSSR count). The normalized spacial score (nSPS) is 27.8. The monoisotopic (exact) mass is 398 g/mol. The molecule has 0 bridgehead atoms. The molecule has 148 valence electrons. The molecule has 0 radical (unpaired) electrons. The molecule has 2 saturated carbocycles. The lowest BCUT2D eigenvalue weighted by Crippen LogP contribution is -2.49. The molecule has 0 aromatic carbocycles. The fourth-order valence-electron chi connectivity index (χ4n) is 4.39. The van der Waals surface area contributed by atoms with Crippen LogP contribution in [-0.4, -0.2) is 38.5 Å². The van der Waals surface area contributed by atoms with Crippen LogP contribution in [0, 0.1) is 22.7 Å². The predicted molar refractivity (Wildman–Crippen MR) is 107 cm³/mol. The molecule has 2 aromatic rings. The topological polar surface area (TPSA) is 120 Å². The molecule has 4 heterocycles. The molecule has 0 saturated heterocycles. The van der Waals surface area contributed by atoms with Crippen molar-refractivity contribution in [1.82, 2.24) is 25.4 Å². The Morgan fingerprint density at radius 2 is 2.27 bits per heavy atom. The van der Waals surface area contributed by atoms with Gasteiger partial charge in [0.2, 0.25) is 11.9 Å². The third kappa shape index (κ3) is 2.57. The van der Waals surface area contributed by atoms with Crippen molar-refractivity contribution >= 4 is 17.7 Å². The van der Waals surface area contributed by atoms with E-state index in [0.717, 1.165) is 29.8 Å². The first kappa shape index (κ1) is 17.1. The van der Waals surface area contributed by atoms with E-state index in [0.29, 0.717) is 18.2 Å². The highest BCUT2D eigenvalue weighted by Crippen LogP contribution is 2.65. The van der Waals surface area contributed by atoms with E-state index in [4.69, 9.17) is 10.3 Å². The maximum absolute atomic E-state index is 12.1. The standard InChI is InChI=1S/C21H18N8O/c22-7-15-4-1-12(8-24-15)10-29-11-14(9-25-29)16-17-21(16)5-6-23-19(21)28-20(26-17)27-18(30)13-2-3-13/h1,4-6,8-9,11,13,16-17H,2-3,10H2,(H2,23,26,27,28,30). The van der Waals surface area contributed by atoms with Crippen LogP contribution in [0.15, 0.2) is 53.0 Å². The van der Waals surface area contributed by atoms with Crippen molar-refractivity contribution < 1.29 is 4.79 Å². The summed E-state index contributed by atoms with van der Waals surface area (Å²) >= 11 is 0. The van der Waals surface area contributed by atoms with Crippen molar-refractivity contribution in [2.75, 3.05) is 0 Å². The second kappa shape index (κ2) is 6.10. The van der Waals surface area contributed by atoms with Crippen LogP contribution in [0.5, 0.6) is 0 Å². The van der Waals surface area contributed by atoms with Crippen LogP contribution in [0.3, 0.4) is 0 Å². The van der Waals surface area contributed by atoms with Gasteiger partial charge in [-0.3, -0.25) is 14.8 Å². The maximum Gasteiger partial charge on any atom is 0.229 e. The molecule has 9 nitrogen and oxygen atoms in total. The highest BCUT2D eigenvalue weighted by Gasteiger charge is 2.70. The van der Waals surface area contributed by atoms with Gasteiger partial charge in [-0.25, -0.2) is 15.0 Å². The largest absolute Gasteiger partial charge is 0.313 e. The predicted octanol–water partition coefficient (Wildman–Crippen LogP) is 1.06. The molecule has 1 spiro atoms. The minimum Gasteiger partial charge on any atom is -0.313 e. The van der Waals surface area contributed by atoms with Crippen molar-refractivity contribution in [3.63, 3.8) is 0 Å². The van der Waals surface area contributed by atoms with E-state index in [-0.39, 0.29) is 29.2 Å². The number of rotatable bonds is 4. The number of carbonyl (C=O) groups excluding carboxylic acids is 1. The second-order valence-electron chi connectivity index (χ2n) is 8.15. The fourth-order valence-corrected chi connectivity index (χ4v) is 4.39. The van der Waals surface area contributed by atoms with E-state index >= 15 is 0 Å². The van der Waals surface area contributed by atoms with E-state index < -0.39 is 0 Å². The summed E-state index contributed by atoms with van der Waals surface area (Å²) in [7, 11) is 0. The van der Waals surface area contributed by atoms with Gasteiger partial charge in [0, 0.05) is 30.4 Å². The summed E-state index contributed by atoms with van der Waals surface area (Å²) in [5.41, 5.74) is 2.19. The number of hydrogen-bond donors (Lipinski definition) is 2. The highest BCUT2D eigenvalue weighted by atomic mass is 16.2. The number of aliphatic imine (C=N–C) groups is 2. The van der Waals surface area contributed by atoms with Gasteiger partial charge in [0.25, 0.3) is 0 Å². The number of nitriles is 1. The van der Waals surface area contributed by atoms with Gasteiger partial charge in [-0.2, -0.15) is 10.4 Å². The lowest BCUT2D eigenvalue weighted by Gasteiger charge is -2.20. The Balaban J connectivity index is 1.22. The molecule has 2 N–H and O–H groups in total. The lowest BCUT2D eigenvalue weighted by molar-refractivity contribution is -0.120. The molecular weight excluding hydrogens is 380 g/mol. The van der Waals surface area contributed by atoms with Gasteiger partial charge in [0.1, 0.15) is 17.6 Å². The van der Waals surface area contributed by atoms with Crippen molar-refractivity contribution in [2.24, 2.45) is 21.3 Å².